The van der Waals surface area contributed by atoms with Crippen molar-refractivity contribution in [3.63, 3.8) is 0 Å². The van der Waals surface area contributed by atoms with E-state index in [2.05, 4.69) is 79.8 Å². The third-order valence-corrected chi connectivity index (χ3v) is 16.7. The lowest BCUT2D eigenvalue weighted by Crippen LogP contribution is -2.44. The summed E-state index contributed by atoms with van der Waals surface area (Å²) in [5.74, 6) is -4.62. The topological polar surface area (TPSA) is 667 Å². The van der Waals surface area contributed by atoms with Gasteiger partial charge < -0.3 is 150 Å². The number of nitrogens with one attached hydrogen (secondary N) is 15. The molecule has 45 nitrogen and oxygen atoms in total. The molecule has 31 N–H and O–H groups in total. The fourth-order valence-electron chi connectivity index (χ4n) is 10.5. The maximum absolute atomic E-state index is 13.5. The molecule has 0 saturated heterocycles. The molecule has 0 spiro atoms. The van der Waals surface area contributed by atoms with E-state index in [4.69, 9.17) is 45.9 Å². The molecule has 0 radical (unpaired) electrons. The van der Waals surface area contributed by atoms with Gasteiger partial charge in [0.15, 0.2) is 0 Å². The minimum atomic E-state index is -0.348. The minimum Gasteiger partial charge on any atom is -0.355 e. The third kappa shape index (κ3) is 61.8. The van der Waals surface area contributed by atoms with E-state index in [0.717, 1.165) is 0 Å². The molecule has 0 atom stereocenters. The molecule has 0 heterocycles. The molecule has 0 saturated carbocycles. The predicted molar refractivity (Wildman–Crippen MR) is 415 cm³/mol. The van der Waals surface area contributed by atoms with E-state index in [-0.39, 0.29) is 382 Å². The highest BCUT2D eigenvalue weighted by atomic mass is 16.2. The monoisotopic (exact) mass is 1590 g/mol. The molecular formula is C66H134N30O15. The molecule has 0 aromatic carbocycles. The van der Waals surface area contributed by atoms with Crippen molar-refractivity contribution < 1.29 is 71.9 Å². The Kier molecular flexibility index (Phi) is 63.0. The van der Waals surface area contributed by atoms with Crippen molar-refractivity contribution >= 4 is 88.6 Å². The lowest BCUT2D eigenvalue weighted by molar-refractivity contribution is -0.124. The van der Waals surface area contributed by atoms with Gasteiger partial charge in [0.2, 0.25) is 88.6 Å². The minimum absolute atomic E-state index is 0.00134. The van der Waals surface area contributed by atoms with Gasteiger partial charge in [0.25, 0.3) is 0 Å². The summed E-state index contributed by atoms with van der Waals surface area (Å²) in [6, 6.07) is 0. The number of hydrogen-bond acceptors (Lipinski definition) is 30. The first-order chi connectivity index (χ1) is 53.3. The Labute approximate surface area is 651 Å². The van der Waals surface area contributed by atoms with Crippen LogP contribution in [0.1, 0.15) is 84.0 Å². The molecule has 45 heteroatoms. The van der Waals surface area contributed by atoms with E-state index in [0.29, 0.717) is 32.7 Å². The molecule has 111 heavy (non-hydrogen) atoms. The Morgan fingerprint density at radius 1 is 0.189 bits per heavy atom. The largest absolute Gasteiger partial charge is 0.355 e. The van der Waals surface area contributed by atoms with E-state index in [9.17, 15) is 71.9 Å². The molecule has 0 fully saturated rings. The summed E-state index contributed by atoms with van der Waals surface area (Å²) in [7, 11) is 0. The molecule has 0 bridgehead atoms. The van der Waals surface area contributed by atoms with Crippen LogP contribution in [0.5, 0.6) is 0 Å². The van der Waals surface area contributed by atoms with Crippen LogP contribution < -0.4 is 126 Å². The maximum atomic E-state index is 13.5. The fourth-order valence-corrected chi connectivity index (χ4v) is 10.5. The van der Waals surface area contributed by atoms with Gasteiger partial charge in [0.05, 0.1) is 53.1 Å². The van der Waals surface area contributed by atoms with Gasteiger partial charge in [-0.3, -0.25) is 81.7 Å². The zero-order valence-corrected chi connectivity index (χ0v) is 65.2. The highest BCUT2D eigenvalue weighted by Crippen LogP contribution is 2.03. The number of rotatable bonds is 71. The van der Waals surface area contributed by atoms with E-state index in [1.54, 1.807) is 4.90 Å². The molecule has 0 aliphatic rings. The summed E-state index contributed by atoms with van der Waals surface area (Å²) in [4.78, 5) is 203. The quantitative estimate of drug-likeness (QED) is 0.0251. The number of hydrogen-bond donors (Lipinski definition) is 23. The second-order valence-electron chi connectivity index (χ2n) is 25.4. The summed E-state index contributed by atoms with van der Waals surface area (Å²) in [5.41, 5.74) is 43.7. The van der Waals surface area contributed by atoms with E-state index >= 15 is 0 Å². The Bertz CT molecular complexity index is 2670. The lowest BCUT2D eigenvalue weighted by atomic mass is 10.2. The van der Waals surface area contributed by atoms with Crippen LogP contribution in [0.4, 0.5) is 0 Å². The van der Waals surface area contributed by atoms with Crippen molar-refractivity contribution in [1.82, 2.24) is 114 Å². The average Bonchev–Trinajstić information content (AvgIpc) is 0.962. The standard InChI is InChI=1S/C66H134N30O15/c1-52(97)75-16-36-90(24-2-53(98)77-17-37-91(26-4-55(100)79-19-39-93(30-8-59(104)84-46-69)31-9-60(105)85-47-70)28-6-57(102)81-21-41-95(34-12-63(108)88-50-73)42-22-83-65(110)44-68)25-3-54(99)78-18-38-92(27-5-56(101)80-20-40-94(32-10-61(106)86-48-71)33-11-62(107)87-49-72)29-7-58(103)82-23-43-96(35-13-64(109)89-51-74)45-66(111)76-15-14-67/h2-51,67-74H2,1H3,(H,75,97)(H,76,111)(H,77,98)(H,78,99)(H,79,100)(H,80,101)(H,81,102)(H,82,103)(H,83,110)(H,84,104)(H,85,105)(H,86,106)(H,87,107)(H,88,108)(H,89,109). The summed E-state index contributed by atoms with van der Waals surface area (Å²) < 4.78 is 0. The van der Waals surface area contributed by atoms with Gasteiger partial charge in [-0.25, -0.2) is 0 Å². The molecule has 0 aliphatic heterocycles. The SMILES string of the molecule is CC(=O)NCCN(CCC(=O)NCCN(CCC(=O)NCCN(CCNC(=O)CN)CCC(=O)NCN)CCC(=O)NCCN(CCC(=O)NCN)CCC(=O)NCN)CCC(=O)NCCN(CCC(=O)NCCN(CCC(=O)NCN)CCC(=O)NCN)CCC(=O)NCCN(CCC(=O)NCN)CC(=O)NCCN. The summed E-state index contributed by atoms with van der Waals surface area (Å²) >= 11 is 0. The molecule has 0 rings (SSSR count). The number of carbonyl (C=O) groups is 15. The predicted octanol–water partition coefficient (Wildman–Crippen LogP) is -14.0. The number of amides is 15. The van der Waals surface area contributed by atoms with Crippen LogP contribution in [0.25, 0.3) is 0 Å². The first kappa shape index (κ1) is 102. The van der Waals surface area contributed by atoms with E-state index in [1.165, 1.54) is 6.92 Å². The first-order valence-electron chi connectivity index (χ1n) is 38.0. The normalized spacial score (nSPS) is 11.1. The van der Waals surface area contributed by atoms with Gasteiger partial charge in [-0.2, -0.15) is 0 Å². The van der Waals surface area contributed by atoms with Crippen LogP contribution >= 0.6 is 0 Å². The van der Waals surface area contributed by atoms with Crippen LogP contribution in [-0.2, 0) is 71.9 Å². The summed E-state index contributed by atoms with van der Waals surface area (Å²) in [6.07, 6.45) is 0.547. The molecule has 0 aromatic heterocycles. The van der Waals surface area contributed by atoms with E-state index < -0.39 is 0 Å². The molecular weight excluding hydrogens is 1450 g/mol. The van der Waals surface area contributed by atoms with Crippen molar-refractivity contribution in [3.8, 4) is 0 Å². The van der Waals surface area contributed by atoms with Gasteiger partial charge in [0.1, 0.15) is 0 Å². The van der Waals surface area contributed by atoms with Crippen molar-refractivity contribution in [2.45, 2.75) is 84.0 Å². The Morgan fingerprint density at radius 2 is 0.351 bits per heavy atom. The summed E-state index contributed by atoms with van der Waals surface area (Å²) in [5, 5.41) is 40.6. The van der Waals surface area contributed by atoms with Gasteiger partial charge in [0, 0.05) is 280 Å². The fraction of sp³-hybridized carbons (Fsp3) is 0.773. The van der Waals surface area contributed by atoms with Gasteiger partial charge in [-0.15, -0.1) is 0 Å². The zero-order chi connectivity index (χ0) is 82.7. The van der Waals surface area contributed by atoms with Gasteiger partial charge >= 0.3 is 0 Å². The highest BCUT2D eigenvalue weighted by Gasteiger charge is 2.21. The Hall–Kier alpha value is -8.55. The van der Waals surface area contributed by atoms with Crippen LogP contribution in [0.3, 0.4) is 0 Å². The zero-order valence-electron chi connectivity index (χ0n) is 65.2. The van der Waals surface area contributed by atoms with Crippen molar-refractivity contribution in [3.05, 3.63) is 0 Å². The third-order valence-electron chi connectivity index (χ3n) is 16.7. The van der Waals surface area contributed by atoms with Crippen molar-refractivity contribution in [2.24, 2.45) is 45.9 Å². The van der Waals surface area contributed by atoms with Crippen molar-refractivity contribution in [1.29, 1.82) is 0 Å². The average molecular weight is 1590 g/mol. The lowest BCUT2D eigenvalue weighted by Gasteiger charge is -2.25. The molecule has 638 valence electrons. The molecule has 15 amide bonds. The first-order valence-corrected chi connectivity index (χ1v) is 38.0. The molecule has 0 aromatic rings. The van der Waals surface area contributed by atoms with Crippen LogP contribution in [0, 0.1) is 0 Å². The second-order valence-corrected chi connectivity index (χ2v) is 25.4. The Morgan fingerprint density at radius 3 is 0.541 bits per heavy atom. The van der Waals surface area contributed by atoms with Crippen LogP contribution in [-0.4, -0.2) is 372 Å². The second kappa shape index (κ2) is 68.3. The van der Waals surface area contributed by atoms with Crippen LogP contribution in [0.2, 0.25) is 0 Å². The number of carbonyl (C=O) groups excluding carboxylic acids is 15. The Balaban J connectivity index is 6.27. The maximum Gasteiger partial charge on any atom is 0.234 e. The highest BCUT2D eigenvalue weighted by molar-refractivity contribution is 5.82. The summed E-state index contributed by atoms with van der Waals surface area (Å²) in [6.45, 7) is 7.72. The molecule has 0 unspecified atom stereocenters. The van der Waals surface area contributed by atoms with Crippen LogP contribution in [0.15, 0.2) is 0 Å². The van der Waals surface area contributed by atoms with Crippen molar-refractivity contribution in [2.75, 3.05) is 249 Å². The number of nitrogens with zero attached hydrogens (tertiary/aromatic N) is 7. The molecule has 0 aliphatic carbocycles. The van der Waals surface area contributed by atoms with Gasteiger partial charge in [-0.1, -0.05) is 0 Å². The van der Waals surface area contributed by atoms with Gasteiger partial charge in [-0.05, 0) is 0 Å². The smallest absolute Gasteiger partial charge is 0.234 e. The number of nitrogens with two attached hydrogens (primary N) is 8. The van der Waals surface area contributed by atoms with E-state index in [1.807, 2.05) is 29.4 Å².